The number of nitrogens with one attached hydrogen (secondary N) is 1. The zero-order valence-electron chi connectivity index (χ0n) is 13.8. The van der Waals surface area contributed by atoms with Crippen LogP contribution in [0, 0.1) is 24.2 Å². The van der Waals surface area contributed by atoms with Gasteiger partial charge in [-0.15, -0.1) is 0 Å². The van der Waals surface area contributed by atoms with E-state index in [0.717, 1.165) is 16.7 Å². The van der Waals surface area contributed by atoms with Crippen molar-refractivity contribution in [1.29, 1.82) is 5.26 Å². The van der Waals surface area contributed by atoms with Crippen molar-refractivity contribution in [3.05, 3.63) is 59.7 Å². The lowest BCUT2D eigenvalue weighted by Gasteiger charge is -2.28. The number of urea groups is 1. The van der Waals surface area contributed by atoms with Crippen molar-refractivity contribution in [2.24, 2.45) is 10.9 Å². The van der Waals surface area contributed by atoms with Gasteiger partial charge < -0.3 is 0 Å². The van der Waals surface area contributed by atoms with Crippen molar-refractivity contribution < 1.29 is 14.4 Å². The van der Waals surface area contributed by atoms with E-state index in [1.807, 2.05) is 19.1 Å². The van der Waals surface area contributed by atoms with Crippen molar-refractivity contribution in [2.75, 3.05) is 4.90 Å². The third-order valence-electron chi connectivity index (χ3n) is 3.85. The maximum absolute atomic E-state index is 12.7. The van der Waals surface area contributed by atoms with Crippen LogP contribution in [0.1, 0.15) is 11.1 Å². The van der Waals surface area contributed by atoms with Gasteiger partial charge in [-0.2, -0.15) is 5.26 Å². The van der Waals surface area contributed by atoms with Crippen LogP contribution in [0.25, 0.3) is 0 Å². The molecule has 0 aromatic heterocycles. The van der Waals surface area contributed by atoms with Crippen LogP contribution in [0.4, 0.5) is 16.2 Å². The van der Waals surface area contributed by atoms with Gasteiger partial charge in [0.25, 0.3) is 5.91 Å². The zero-order valence-corrected chi connectivity index (χ0v) is 13.8. The van der Waals surface area contributed by atoms with Crippen molar-refractivity contribution in [2.45, 2.75) is 6.92 Å². The third kappa shape index (κ3) is 3.21. The summed E-state index contributed by atoms with van der Waals surface area (Å²) in [4.78, 5) is 42.0. The molecule has 3 rings (SSSR count). The highest BCUT2D eigenvalue weighted by Gasteiger charge is 2.40. The van der Waals surface area contributed by atoms with Crippen LogP contribution in [0.5, 0.6) is 0 Å². The average molecular weight is 346 g/mol. The molecule has 1 aliphatic heterocycles. The second-order valence-corrected chi connectivity index (χ2v) is 5.69. The first-order valence-corrected chi connectivity index (χ1v) is 7.80. The van der Waals surface area contributed by atoms with Gasteiger partial charge >= 0.3 is 6.03 Å². The molecule has 1 heterocycles. The van der Waals surface area contributed by atoms with E-state index < -0.39 is 23.8 Å². The number of barbiturate groups is 1. The van der Waals surface area contributed by atoms with E-state index in [-0.39, 0.29) is 0 Å². The molecule has 1 atom stereocenters. The Morgan fingerprint density at radius 1 is 1.15 bits per heavy atom. The molecule has 7 heteroatoms. The quantitative estimate of drug-likeness (QED) is 0.681. The fourth-order valence-corrected chi connectivity index (χ4v) is 2.57. The number of nitrogens with zero attached hydrogens (tertiary/aromatic N) is 3. The van der Waals surface area contributed by atoms with Crippen LogP contribution < -0.4 is 10.2 Å². The summed E-state index contributed by atoms with van der Waals surface area (Å²) in [6.07, 6.45) is 1.16. The molecule has 1 saturated heterocycles. The van der Waals surface area contributed by atoms with Gasteiger partial charge in [0, 0.05) is 6.21 Å². The molecule has 0 spiro atoms. The number of para-hydroxylation sites is 1. The lowest BCUT2D eigenvalue weighted by Crippen LogP contribution is -2.58. The summed E-state index contributed by atoms with van der Waals surface area (Å²) in [6, 6.07) is 14.6. The average Bonchev–Trinajstić information content (AvgIpc) is 2.61. The SMILES string of the molecule is Cc1cccc(N2C(=O)NC(=O)[C@H](C=Nc3ccccc3C#N)C2=O)c1. The minimum Gasteiger partial charge on any atom is -0.276 e. The predicted molar refractivity (Wildman–Crippen MR) is 95.0 cm³/mol. The van der Waals surface area contributed by atoms with Crippen molar-refractivity contribution >= 4 is 35.4 Å². The number of aryl methyl sites for hydroxylation is 1. The van der Waals surface area contributed by atoms with Gasteiger partial charge in [-0.3, -0.25) is 19.9 Å². The highest BCUT2D eigenvalue weighted by atomic mass is 16.2. The number of rotatable bonds is 3. The summed E-state index contributed by atoms with van der Waals surface area (Å²) in [5.41, 5.74) is 1.90. The molecule has 7 nitrogen and oxygen atoms in total. The Bertz CT molecular complexity index is 975. The maximum Gasteiger partial charge on any atom is 0.335 e. The normalized spacial score (nSPS) is 17.3. The molecular weight excluding hydrogens is 332 g/mol. The van der Waals surface area contributed by atoms with Crippen molar-refractivity contribution in [3.63, 3.8) is 0 Å². The fourth-order valence-electron chi connectivity index (χ4n) is 2.57. The van der Waals surface area contributed by atoms with Gasteiger partial charge in [-0.05, 0) is 36.8 Å². The second kappa shape index (κ2) is 6.99. The summed E-state index contributed by atoms with van der Waals surface area (Å²) in [6.45, 7) is 1.83. The smallest absolute Gasteiger partial charge is 0.276 e. The molecular formula is C19H14N4O3. The minimum absolute atomic E-state index is 0.319. The predicted octanol–water partition coefficient (Wildman–Crippen LogP) is 2.47. The Kier molecular flexibility index (Phi) is 4.58. The van der Waals surface area contributed by atoms with Crippen LogP contribution in [-0.4, -0.2) is 24.1 Å². The Morgan fingerprint density at radius 2 is 1.92 bits per heavy atom. The number of hydrogen-bond donors (Lipinski definition) is 1. The summed E-state index contributed by atoms with van der Waals surface area (Å²) in [5, 5.41) is 11.3. The van der Waals surface area contributed by atoms with Gasteiger partial charge in [0.05, 0.1) is 16.9 Å². The lowest BCUT2D eigenvalue weighted by molar-refractivity contribution is -0.131. The molecule has 0 aliphatic carbocycles. The number of benzene rings is 2. The van der Waals surface area contributed by atoms with Crippen LogP contribution >= 0.6 is 0 Å². The molecule has 0 unspecified atom stereocenters. The topological polar surface area (TPSA) is 103 Å². The van der Waals surface area contributed by atoms with Gasteiger partial charge in [0.1, 0.15) is 6.07 Å². The largest absolute Gasteiger partial charge is 0.335 e. The number of anilines is 1. The lowest BCUT2D eigenvalue weighted by atomic mass is 10.1. The van der Waals surface area contributed by atoms with E-state index >= 15 is 0 Å². The first-order chi connectivity index (χ1) is 12.5. The maximum atomic E-state index is 12.7. The number of aliphatic imine (C=N–C) groups is 1. The van der Waals surface area contributed by atoms with E-state index in [1.165, 1.54) is 0 Å². The van der Waals surface area contributed by atoms with E-state index in [4.69, 9.17) is 5.26 Å². The van der Waals surface area contributed by atoms with Gasteiger partial charge in [-0.1, -0.05) is 24.3 Å². The molecule has 4 amide bonds. The molecule has 1 aliphatic rings. The van der Waals surface area contributed by atoms with Crippen LogP contribution in [0.2, 0.25) is 0 Å². The Morgan fingerprint density at radius 3 is 2.65 bits per heavy atom. The molecule has 1 fully saturated rings. The van der Waals surface area contributed by atoms with Gasteiger partial charge in [-0.25, -0.2) is 9.69 Å². The Labute approximate surface area is 149 Å². The summed E-state index contributed by atoms with van der Waals surface area (Å²) >= 11 is 0. The van der Waals surface area contributed by atoms with Crippen LogP contribution in [-0.2, 0) is 9.59 Å². The number of amides is 4. The minimum atomic E-state index is -1.26. The molecule has 128 valence electrons. The monoisotopic (exact) mass is 346 g/mol. The molecule has 0 bridgehead atoms. The fraction of sp³-hybridized carbons (Fsp3) is 0.105. The van der Waals surface area contributed by atoms with E-state index in [1.54, 1.807) is 42.5 Å². The number of hydrogen-bond acceptors (Lipinski definition) is 5. The highest BCUT2D eigenvalue weighted by molar-refractivity contribution is 6.32. The van der Waals surface area contributed by atoms with Crippen LogP contribution in [0.15, 0.2) is 53.5 Å². The molecule has 0 radical (unpaired) electrons. The van der Waals surface area contributed by atoms with Gasteiger partial charge in [0.15, 0.2) is 5.92 Å². The Hall–Kier alpha value is -3.79. The first kappa shape index (κ1) is 17.0. The van der Waals surface area contributed by atoms with Crippen LogP contribution in [0.3, 0.4) is 0 Å². The molecule has 2 aromatic carbocycles. The first-order valence-electron chi connectivity index (χ1n) is 7.80. The van der Waals surface area contributed by atoms with E-state index in [2.05, 4.69) is 10.3 Å². The number of carbonyl (C=O) groups excluding carboxylic acids is 3. The summed E-state index contributed by atoms with van der Waals surface area (Å²) in [7, 11) is 0. The highest BCUT2D eigenvalue weighted by Crippen LogP contribution is 2.22. The van der Waals surface area contributed by atoms with E-state index in [0.29, 0.717) is 16.9 Å². The second-order valence-electron chi connectivity index (χ2n) is 5.69. The standard InChI is InChI=1S/C19H14N4O3/c1-12-5-4-7-14(9-12)23-18(25)15(17(24)22-19(23)26)11-21-16-8-3-2-6-13(16)10-20/h2-9,11,15H,1H3,(H,22,24,26)/t15-/m0/s1. The molecule has 0 saturated carbocycles. The van der Waals surface area contributed by atoms with Crippen molar-refractivity contribution in [1.82, 2.24) is 5.32 Å². The molecule has 2 aromatic rings. The van der Waals surface area contributed by atoms with Gasteiger partial charge in [0.2, 0.25) is 5.91 Å². The molecule has 26 heavy (non-hydrogen) atoms. The molecule has 1 N–H and O–H groups in total. The summed E-state index contributed by atoms with van der Waals surface area (Å²) < 4.78 is 0. The van der Waals surface area contributed by atoms with Crippen molar-refractivity contribution in [3.8, 4) is 6.07 Å². The van der Waals surface area contributed by atoms with E-state index in [9.17, 15) is 14.4 Å². The third-order valence-corrected chi connectivity index (χ3v) is 3.85. The number of carbonyl (C=O) groups is 3. The Balaban J connectivity index is 1.93. The number of nitriles is 1. The summed E-state index contributed by atoms with van der Waals surface area (Å²) in [5.74, 6) is -2.70. The number of imide groups is 2. The zero-order chi connectivity index (χ0) is 18.7.